The number of aryl methyl sites for hydroxylation is 1. The zero-order chi connectivity index (χ0) is 19.2. The normalized spacial score (nSPS) is 12.3. The van der Waals surface area contributed by atoms with Gasteiger partial charge in [-0.3, -0.25) is 9.52 Å². The van der Waals surface area contributed by atoms with Crippen molar-refractivity contribution in [3.63, 3.8) is 0 Å². The van der Waals surface area contributed by atoms with Gasteiger partial charge in [-0.15, -0.1) is 0 Å². The van der Waals surface area contributed by atoms with Gasteiger partial charge < -0.3 is 10.6 Å². The van der Waals surface area contributed by atoms with Gasteiger partial charge in [-0.05, 0) is 43.2 Å². The van der Waals surface area contributed by atoms with Crippen LogP contribution in [0.5, 0.6) is 0 Å². The first-order chi connectivity index (χ1) is 12.2. The molecule has 0 heterocycles. The number of para-hydroxylation sites is 1. The Kier molecular flexibility index (Phi) is 6.63. The maximum absolute atomic E-state index is 12.2. The van der Waals surface area contributed by atoms with Crippen LogP contribution >= 0.6 is 0 Å². The van der Waals surface area contributed by atoms with E-state index in [9.17, 15) is 13.2 Å². The van der Waals surface area contributed by atoms with Gasteiger partial charge in [0, 0.05) is 24.3 Å². The SMILES string of the molecule is Cc1ccccc1NCCC(=O)N[C@@H](C)c1cccc(NS(C)(=O)=O)c1. The molecule has 2 aromatic rings. The van der Waals surface area contributed by atoms with Gasteiger partial charge in [-0.1, -0.05) is 30.3 Å². The molecule has 26 heavy (non-hydrogen) atoms. The maximum Gasteiger partial charge on any atom is 0.229 e. The van der Waals surface area contributed by atoms with Crippen LogP contribution in [0.1, 0.15) is 30.5 Å². The van der Waals surface area contributed by atoms with E-state index in [1.807, 2.05) is 44.2 Å². The predicted octanol–water partition coefficient (Wildman–Crippen LogP) is 3.05. The van der Waals surface area contributed by atoms with Crippen molar-refractivity contribution >= 4 is 27.3 Å². The molecule has 0 aliphatic heterocycles. The number of hydrogen-bond acceptors (Lipinski definition) is 4. The number of benzene rings is 2. The molecule has 0 fully saturated rings. The van der Waals surface area contributed by atoms with Gasteiger partial charge in [-0.25, -0.2) is 8.42 Å². The summed E-state index contributed by atoms with van der Waals surface area (Å²) >= 11 is 0. The summed E-state index contributed by atoms with van der Waals surface area (Å²) in [5.41, 5.74) is 3.47. The maximum atomic E-state index is 12.2. The van der Waals surface area contributed by atoms with Crippen LogP contribution < -0.4 is 15.4 Å². The number of hydrogen-bond donors (Lipinski definition) is 3. The molecule has 0 saturated carbocycles. The predicted molar refractivity (Wildman–Crippen MR) is 106 cm³/mol. The van der Waals surface area contributed by atoms with Gasteiger partial charge in [0.1, 0.15) is 0 Å². The quantitative estimate of drug-likeness (QED) is 0.662. The minimum Gasteiger partial charge on any atom is -0.384 e. The van der Waals surface area contributed by atoms with Crippen molar-refractivity contribution in [3.8, 4) is 0 Å². The highest BCUT2D eigenvalue weighted by atomic mass is 32.2. The van der Waals surface area contributed by atoms with Gasteiger partial charge in [0.05, 0.1) is 12.3 Å². The summed E-state index contributed by atoms with van der Waals surface area (Å²) in [6.45, 7) is 4.42. The molecule has 2 aromatic carbocycles. The van der Waals surface area contributed by atoms with E-state index in [1.165, 1.54) is 0 Å². The smallest absolute Gasteiger partial charge is 0.229 e. The Balaban J connectivity index is 1.87. The summed E-state index contributed by atoms with van der Waals surface area (Å²) in [7, 11) is -3.33. The molecule has 0 aliphatic rings. The third kappa shape index (κ3) is 6.40. The van der Waals surface area contributed by atoms with Crippen molar-refractivity contribution in [1.82, 2.24) is 5.32 Å². The average Bonchev–Trinajstić information content (AvgIpc) is 2.55. The molecule has 140 valence electrons. The minimum absolute atomic E-state index is 0.0694. The number of amides is 1. The molecule has 1 atom stereocenters. The molecule has 3 N–H and O–H groups in total. The van der Waals surface area contributed by atoms with E-state index < -0.39 is 10.0 Å². The van der Waals surface area contributed by atoms with Gasteiger partial charge in [0.2, 0.25) is 15.9 Å². The van der Waals surface area contributed by atoms with Crippen molar-refractivity contribution in [1.29, 1.82) is 0 Å². The first-order valence-electron chi connectivity index (χ1n) is 8.41. The highest BCUT2D eigenvalue weighted by molar-refractivity contribution is 7.92. The Hall–Kier alpha value is -2.54. The highest BCUT2D eigenvalue weighted by Gasteiger charge is 2.11. The average molecular weight is 375 g/mol. The van der Waals surface area contributed by atoms with Gasteiger partial charge in [0.25, 0.3) is 0 Å². The first kappa shape index (κ1) is 19.8. The van der Waals surface area contributed by atoms with Crippen LogP contribution in [0.4, 0.5) is 11.4 Å². The highest BCUT2D eigenvalue weighted by Crippen LogP contribution is 2.18. The van der Waals surface area contributed by atoms with E-state index in [-0.39, 0.29) is 11.9 Å². The third-order valence-corrected chi connectivity index (χ3v) is 4.49. The van der Waals surface area contributed by atoms with E-state index in [1.54, 1.807) is 18.2 Å². The van der Waals surface area contributed by atoms with E-state index in [2.05, 4.69) is 15.4 Å². The fraction of sp³-hybridized carbons (Fsp3) is 0.316. The van der Waals surface area contributed by atoms with Crippen molar-refractivity contribution in [2.75, 3.05) is 22.8 Å². The molecule has 7 heteroatoms. The lowest BCUT2D eigenvalue weighted by Crippen LogP contribution is -2.28. The van der Waals surface area contributed by atoms with Crippen LogP contribution in [0.15, 0.2) is 48.5 Å². The van der Waals surface area contributed by atoms with Gasteiger partial charge in [0.15, 0.2) is 0 Å². The largest absolute Gasteiger partial charge is 0.384 e. The molecule has 0 spiro atoms. The standard InChI is InChI=1S/C19H25N3O3S/c1-14-7-4-5-10-18(14)20-12-11-19(23)21-15(2)16-8-6-9-17(13-16)22-26(3,24)25/h4-10,13,15,20,22H,11-12H2,1-3H3,(H,21,23)/t15-/m0/s1. The summed E-state index contributed by atoms with van der Waals surface area (Å²) in [6, 6.07) is 14.7. The van der Waals surface area contributed by atoms with E-state index >= 15 is 0 Å². The molecule has 0 bridgehead atoms. The number of anilines is 2. The Labute approximate surface area is 155 Å². The fourth-order valence-electron chi connectivity index (χ4n) is 2.56. The van der Waals surface area contributed by atoms with Gasteiger partial charge >= 0.3 is 0 Å². The first-order valence-corrected chi connectivity index (χ1v) is 10.3. The van der Waals surface area contributed by atoms with Crippen molar-refractivity contribution in [3.05, 3.63) is 59.7 Å². The molecule has 1 amide bonds. The molecular weight excluding hydrogens is 350 g/mol. The van der Waals surface area contributed by atoms with Crippen LogP contribution in [0.3, 0.4) is 0 Å². The Morgan fingerprint density at radius 1 is 1.12 bits per heavy atom. The number of rotatable bonds is 8. The van der Waals surface area contributed by atoms with E-state index in [4.69, 9.17) is 0 Å². The summed E-state index contributed by atoms with van der Waals surface area (Å²) in [6.07, 6.45) is 1.45. The molecule has 0 radical (unpaired) electrons. The minimum atomic E-state index is -3.33. The number of carbonyl (C=O) groups excluding carboxylic acids is 1. The third-order valence-electron chi connectivity index (χ3n) is 3.88. The van der Waals surface area contributed by atoms with Crippen LogP contribution in [0.25, 0.3) is 0 Å². The monoisotopic (exact) mass is 375 g/mol. The summed E-state index contributed by atoms with van der Waals surface area (Å²) < 4.78 is 25.1. The molecule has 0 aliphatic carbocycles. The molecule has 6 nitrogen and oxygen atoms in total. The van der Waals surface area contributed by atoms with E-state index in [0.29, 0.717) is 18.7 Å². The van der Waals surface area contributed by atoms with Crippen molar-refractivity contribution in [2.24, 2.45) is 0 Å². The van der Waals surface area contributed by atoms with Crippen LogP contribution in [-0.2, 0) is 14.8 Å². The summed E-state index contributed by atoms with van der Waals surface area (Å²) in [5.74, 6) is -0.0694. The van der Waals surface area contributed by atoms with Gasteiger partial charge in [-0.2, -0.15) is 0 Å². The summed E-state index contributed by atoms with van der Waals surface area (Å²) in [4.78, 5) is 12.2. The zero-order valence-electron chi connectivity index (χ0n) is 15.2. The Morgan fingerprint density at radius 3 is 2.54 bits per heavy atom. The topological polar surface area (TPSA) is 87.3 Å². The number of carbonyl (C=O) groups is 1. The lowest BCUT2D eigenvalue weighted by Gasteiger charge is -2.16. The Bertz CT molecular complexity index is 866. The van der Waals surface area contributed by atoms with Crippen LogP contribution in [0.2, 0.25) is 0 Å². The lowest BCUT2D eigenvalue weighted by atomic mass is 10.1. The van der Waals surface area contributed by atoms with Crippen LogP contribution in [-0.4, -0.2) is 27.1 Å². The molecule has 0 unspecified atom stereocenters. The zero-order valence-corrected chi connectivity index (χ0v) is 16.1. The summed E-state index contributed by atoms with van der Waals surface area (Å²) in [5, 5.41) is 6.19. The second-order valence-electron chi connectivity index (χ2n) is 6.28. The number of nitrogens with one attached hydrogen (secondary N) is 3. The molecule has 0 saturated heterocycles. The molecular formula is C19H25N3O3S. The molecule has 2 rings (SSSR count). The number of sulfonamides is 1. The van der Waals surface area contributed by atoms with E-state index in [0.717, 1.165) is 23.1 Å². The van der Waals surface area contributed by atoms with Crippen LogP contribution in [0, 0.1) is 6.92 Å². The van der Waals surface area contributed by atoms with Crippen molar-refractivity contribution in [2.45, 2.75) is 26.3 Å². The second-order valence-corrected chi connectivity index (χ2v) is 8.03. The fourth-order valence-corrected chi connectivity index (χ4v) is 3.12. The Morgan fingerprint density at radius 2 is 1.85 bits per heavy atom. The lowest BCUT2D eigenvalue weighted by molar-refractivity contribution is -0.121. The second kappa shape index (κ2) is 8.71. The van der Waals surface area contributed by atoms with Crippen molar-refractivity contribution < 1.29 is 13.2 Å². The molecule has 0 aromatic heterocycles.